The number of likely N-dealkylation sites (tertiary alicyclic amines) is 1. The van der Waals surface area contributed by atoms with Crippen LogP contribution in [0.5, 0.6) is 0 Å². The quantitative estimate of drug-likeness (QED) is 0.829. The molecule has 112 valence electrons. The van der Waals surface area contributed by atoms with Crippen molar-refractivity contribution in [2.45, 2.75) is 6.42 Å². The highest BCUT2D eigenvalue weighted by Crippen LogP contribution is 2.17. The van der Waals surface area contributed by atoms with E-state index in [-0.39, 0.29) is 12.5 Å². The molecule has 0 radical (unpaired) electrons. The van der Waals surface area contributed by atoms with Gasteiger partial charge in [-0.1, -0.05) is 23.4 Å². The highest BCUT2D eigenvalue weighted by molar-refractivity contribution is 6.32. The van der Waals surface area contributed by atoms with E-state index in [1.165, 1.54) is 0 Å². The first-order valence-corrected chi connectivity index (χ1v) is 7.34. The van der Waals surface area contributed by atoms with Crippen molar-refractivity contribution in [2.75, 3.05) is 33.3 Å². The third-order valence-corrected chi connectivity index (χ3v) is 3.89. The zero-order chi connectivity index (χ0) is 15.2. The van der Waals surface area contributed by atoms with Crippen LogP contribution in [0.25, 0.3) is 0 Å². The molecule has 1 unspecified atom stereocenters. The topological polar surface area (TPSA) is 52.6 Å². The van der Waals surface area contributed by atoms with Gasteiger partial charge in [0.2, 0.25) is 0 Å². The van der Waals surface area contributed by atoms with Gasteiger partial charge in [-0.05, 0) is 44.1 Å². The number of hydrogen-bond acceptors (Lipinski definition) is 3. The second kappa shape index (κ2) is 7.46. The second-order valence-corrected chi connectivity index (χ2v) is 5.69. The van der Waals surface area contributed by atoms with Crippen LogP contribution in [0.3, 0.4) is 0 Å². The minimum absolute atomic E-state index is 0.117. The third-order valence-electron chi connectivity index (χ3n) is 3.57. The zero-order valence-electron chi connectivity index (χ0n) is 12.0. The molecule has 0 aromatic heterocycles. The van der Waals surface area contributed by atoms with Crippen LogP contribution in [0.1, 0.15) is 22.3 Å². The number of carbonyl (C=O) groups excluding carboxylic acids is 1. The number of nitrogens with one attached hydrogen (secondary N) is 1. The molecule has 5 heteroatoms. The van der Waals surface area contributed by atoms with Gasteiger partial charge in [-0.3, -0.25) is 4.79 Å². The number of nitrogens with zero attached hydrogens (tertiary/aromatic N) is 1. The predicted octanol–water partition coefficient (Wildman–Crippen LogP) is 1.37. The van der Waals surface area contributed by atoms with Crippen LogP contribution in [0.15, 0.2) is 18.2 Å². The van der Waals surface area contributed by atoms with E-state index in [4.69, 9.17) is 16.7 Å². The minimum atomic E-state index is -0.214. The number of halogens is 1. The van der Waals surface area contributed by atoms with Crippen molar-refractivity contribution in [3.05, 3.63) is 34.3 Å². The Morgan fingerprint density at radius 1 is 1.57 bits per heavy atom. The lowest BCUT2D eigenvalue weighted by atomic mass is 10.1. The number of amides is 1. The van der Waals surface area contributed by atoms with Gasteiger partial charge in [0.25, 0.3) is 5.91 Å². The highest BCUT2D eigenvalue weighted by atomic mass is 35.5. The molecule has 21 heavy (non-hydrogen) atoms. The Balaban J connectivity index is 1.94. The Labute approximate surface area is 130 Å². The predicted molar refractivity (Wildman–Crippen MR) is 83.4 cm³/mol. The van der Waals surface area contributed by atoms with E-state index in [0.29, 0.717) is 28.6 Å². The van der Waals surface area contributed by atoms with Crippen molar-refractivity contribution in [3.8, 4) is 11.8 Å². The van der Waals surface area contributed by atoms with Crippen molar-refractivity contribution in [1.29, 1.82) is 0 Å². The lowest BCUT2D eigenvalue weighted by Crippen LogP contribution is -2.30. The molecular weight excluding hydrogens is 288 g/mol. The molecule has 0 bridgehead atoms. The van der Waals surface area contributed by atoms with E-state index in [2.05, 4.69) is 29.1 Å². The van der Waals surface area contributed by atoms with Gasteiger partial charge in [0.15, 0.2) is 0 Å². The lowest BCUT2D eigenvalue weighted by molar-refractivity contribution is 0.0947. The van der Waals surface area contributed by atoms with Crippen LogP contribution in [0, 0.1) is 17.8 Å². The van der Waals surface area contributed by atoms with Gasteiger partial charge < -0.3 is 15.3 Å². The summed E-state index contributed by atoms with van der Waals surface area (Å²) in [4.78, 5) is 14.4. The third kappa shape index (κ3) is 4.47. The number of rotatable bonds is 3. The van der Waals surface area contributed by atoms with Gasteiger partial charge in [-0.25, -0.2) is 0 Å². The molecule has 1 atom stereocenters. The van der Waals surface area contributed by atoms with Crippen molar-refractivity contribution in [1.82, 2.24) is 10.2 Å². The monoisotopic (exact) mass is 306 g/mol. The molecule has 1 aliphatic heterocycles. The molecular formula is C16H19ClN2O2. The maximum atomic E-state index is 12.1. The summed E-state index contributed by atoms with van der Waals surface area (Å²) in [6.45, 7) is 2.59. The van der Waals surface area contributed by atoms with E-state index in [1.54, 1.807) is 18.2 Å². The molecule has 1 aliphatic rings. The fourth-order valence-corrected chi connectivity index (χ4v) is 2.65. The van der Waals surface area contributed by atoms with E-state index in [9.17, 15) is 4.79 Å². The normalized spacial score (nSPS) is 18.1. The van der Waals surface area contributed by atoms with Gasteiger partial charge >= 0.3 is 0 Å². The first-order chi connectivity index (χ1) is 10.1. The maximum Gasteiger partial charge on any atom is 0.251 e. The van der Waals surface area contributed by atoms with Crippen LogP contribution >= 0.6 is 11.6 Å². The van der Waals surface area contributed by atoms with Crippen LogP contribution in [0.2, 0.25) is 5.02 Å². The van der Waals surface area contributed by atoms with Crippen LogP contribution in [0.4, 0.5) is 0 Å². The largest absolute Gasteiger partial charge is 0.384 e. The Hall–Kier alpha value is -1.54. The highest BCUT2D eigenvalue weighted by Gasteiger charge is 2.20. The van der Waals surface area contributed by atoms with Crippen LogP contribution in [-0.2, 0) is 0 Å². The summed E-state index contributed by atoms with van der Waals surface area (Å²) in [7, 11) is 2.09. The van der Waals surface area contributed by atoms with E-state index in [1.807, 2.05) is 0 Å². The fraction of sp³-hybridized carbons (Fsp3) is 0.438. The average molecular weight is 307 g/mol. The summed E-state index contributed by atoms with van der Waals surface area (Å²) >= 11 is 6.08. The summed E-state index contributed by atoms with van der Waals surface area (Å²) in [6, 6.07) is 5.01. The Morgan fingerprint density at radius 2 is 2.38 bits per heavy atom. The van der Waals surface area contributed by atoms with Crippen molar-refractivity contribution in [2.24, 2.45) is 5.92 Å². The van der Waals surface area contributed by atoms with E-state index < -0.39 is 0 Å². The molecule has 0 saturated carbocycles. The molecule has 1 saturated heterocycles. The Kier molecular flexibility index (Phi) is 5.63. The summed E-state index contributed by atoms with van der Waals surface area (Å²) in [5.74, 6) is 5.68. The van der Waals surface area contributed by atoms with Crippen LogP contribution < -0.4 is 5.32 Å². The molecule has 2 rings (SSSR count). The Morgan fingerprint density at radius 3 is 3.00 bits per heavy atom. The van der Waals surface area contributed by atoms with Gasteiger partial charge in [0, 0.05) is 24.2 Å². The first-order valence-electron chi connectivity index (χ1n) is 6.96. The Bertz CT molecular complexity index is 577. The van der Waals surface area contributed by atoms with Gasteiger partial charge in [0.1, 0.15) is 6.61 Å². The molecule has 0 spiro atoms. The minimum Gasteiger partial charge on any atom is -0.384 e. The maximum absolute atomic E-state index is 12.1. The number of hydrogen-bond donors (Lipinski definition) is 2. The van der Waals surface area contributed by atoms with Gasteiger partial charge in [-0.2, -0.15) is 0 Å². The van der Waals surface area contributed by atoms with Crippen molar-refractivity contribution in [3.63, 3.8) is 0 Å². The zero-order valence-corrected chi connectivity index (χ0v) is 12.8. The number of aliphatic hydroxyl groups excluding tert-OH is 1. The number of benzene rings is 1. The van der Waals surface area contributed by atoms with E-state index in [0.717, 1.165) is 19.5 Å². The SMILES string of the molecule is CN1CCC(CNC(=O)c2ccc(C#CCO)c(Cl)c2)C1. The van der Waals surface area contributed by atoms with Crippen molar-refractivity contribution < 1.29 is 9.90 Å². The lowest BCUT2D eigenvalue weighted by Gasteiger charge is -2.12. The van der Waals surface area contributed by atoms with Gasteiger partial charge in [0.05, 0.1) is 5.02 Å². The average Bonchev–Trinajstić information content (AvgIpc) is 2.89. The van der Waals surface area contributed by atoms with E-state index >= 15 is 0 Å². The second-order valence-electron chi connectivity index (χ2n) is 5.28. The molecule has 1 aromatic rings. The summed E-state index contributed by atoms with van der Waals surface area (Å²) in [6.07, 6.45) is 1.12. The molecule has 2 N–H and O–H groups in total. The number of aliphatic hydroxyl groups is 1. The molecule has 0 aliphatic carbocycles. The number of carbonyl (C=O) groups is 1. The summed E-state index contributed by atoms with van der Waals surface area (Å²) in [5, 5.41) is 12.0. The van der Waals surface area contributed by atoms with Crippen molar-refractivity contribution >= 4 is 17.5 Å². The fourth-order valence-electron chi connectivity index (χ4n) is 2.42. The summed E-state index contributed by atoms with van der Waals surface area (Å²) < 4.78 is 0. The first kappa shape index (κ1) is 15.8. The molecule has 4 nitrogen and oxygen atoms in total. The molecule has 1 heterocycles. The van der Waals surface area contributed by atoms with Crippen LogP contribution in [-0.4, -0.2) is 49.2 Å². The molecule has 1 fully saturated rings. The smallest absolute Gasteiger partial charge is 0.251 e. The molecule has 1 amide bonds. The summed E-state index contributed by atoms with van der Waals surface area (Å²) in [5.41, 5.74) is 1.14. The van der Waals surface area contributed by atoms with Gasteiger partial charge in [-0.15, -0.1) is 0 Å². The standard InChI is InChI=1S/C16H19ClN2O2/c1-19-7-6-12(11-19)10-18-16(21)14-5-4-13(3-2-8-20)15(17)9-14/h4-5,9,12,20H,6-8,10-11H2,1H3,(H,18,21). The molecule has 1 aromatic carbocycles.